The molecule has 0 amide bonds. The molecule has 3 heteroatoms. The predicted octanol–water partition coefficient (Wildman–Crippen LogP) is 4.09. The van der Waals surface area contributed by atoms with Crippen molar-refractivity contribution in [3.63, 3.8) is 0 Å². The van der Waals surface area contributed by atoms with Crippen LogP contribution in [0.1, 0.15) is 26.2 Å². The van der Waals surface area contributed by atoms with E-state index in [1.54, 1.807) is 0 Å². The van der Waals surface area contributed by atoms with Gasteiger partial charge in [0.1, 0.15) is 5.75 Å². The number of rotatable bonds is 5. The van der Waals surface area contributed by atoms with Crippen molar-refractivity contribution in [3.8, 4) is 5.75 Å². The number of benzene rings is 1. The minimum Gasteiger partial charge on any atom is -0.491 e. The average molecular weight is 312 g/mol. The van der Waals surface area contributed by atoms with Gasteiger partial charge in [-0.15, -0.1) is 0 Å². The second-order valence-electron chi connectivity index (χ2n) is 5.03. The summed E-state index contributed by atoms with van der Waals surface area (Å²) in [5, 5.41) is 1.11. The zero-order valence-corrected chi connectivity index (χ0v) is 12.7. The lowest BCUT2D eigenvalue weighted by Gasteiger charge is -2.25. The van der Waals surface area contributed by atoms with E-state index in [0.29, 0.717) is 0 Å². The number of hydrogen-bond acceptors (Lipinski definition) is 2. The average Bonchev–Trinajstić information content (AvgIpc) is 2.59. The van der Waals surface area contributed by atoms with Gasteiger partial charge in [0, 0.05) is 18.4 Å². The molecule has 0 saturated heterocycles. The summed E-state index contributed by atoms with van der Waals surface area (Å²) in [6.07, 6.45) is 3.62. The van der Waals surface area contributed by atoms with Gasteiger partial charge in [-0.05, 0) is 37.3 Å². The summed E-state index contributed by atoms with van der Waals surface area (Å²) in [4.78, 5) is 2.48. The minimum atomic E-state index is 0.778. The van der Waals surface area contributed by atoms with Crippen molar-refractivity contribution in [3.05, 3.63) is 24.3 Å². The van der Waals surface area contributed by atoms with Gasteiger partial charge in [0.05, 0.1) is 12.3 Å². The summed E-state index contributed by atoms with van der Waals surface area (Å²) < 4.78 is 5.78. The van der Waals surface area contributed by atoms with Crippen LogP contribution in [0.15, 0.2) is 24.3 Å². The molecular formula is C15H22BrNO. The molecule has 1 heterocycles. The fraction of sp³-hybridized carbons (Fsp3) is 0.600. The summed E-state index contributed by atoms with van der Waals surface area (Å²) in [6, 6.07) is 8.41. The fourth-order valence-corrected chi connectivity index (χ4v) is 3.12. The topological polar surface area (TPSA) is 12.5 Å². The van der Waals surface area contributed by atoms with E-state index in [4.69, 9.17) is 4.74 Å². The molecule has 1 aromatic carbocycles. The highest BCUT2D eigenvalue weighted by Crippen LogP contribution is 2.30. The van der Waals surface area contributed by atoms with Crippen molar-refractivity contribution in [2.45, 2.75) is 26.2 Å². The van der Waals surface area contributed by atoms with E-state index in [1.165, 1.54) is 18.5 Å². The molecule has 1 aliphatic rings. The molecule has 0 spiro atoms. The molecule has 1 unspecified atom stereocenters. The molecule has 0 N–H and O–H groups in total. The van der Waals surface area contributed by atoms with Gasteiger partial charge in [-0.25, -0.2) is 0 Å². The smallest absolute Gasteiger partial charge is 0.142 e. The molecule has 0 bridgehead atoms. The first-order chi connectivity index (χ1) is 8.81. The minimum absolute atomic E-state index is 0.778. The van der Waals surface area contributed by atoms with E-state index in [0.717, 1.165) is 43.1 Å². The summed E-state index contributed by atoms with van der Waals surface area (Å²) in [6.45, 7) is 5.42. The van der Waals surface area contributed by atoms with Gasteiger partial charge in [0.15, 0.2) is 0 Å². The Labute approximate surface area is 118 Å². The lowest BCUT2D eigenvalue weighted by molar-refractivity contribution is 0.322. The van der Waals surface area contributed by atoms with Crippen LogP contribution in [-0.2, 0) is 0 Å². The van der Waals surface area contributed by atoms with Gasteiger partial charge in [0.25, 0.3) is 0 Å². The number of alkyl halides is 1. The van der Waals surface area contributed by atoms with Crippen LogP contribution in [0, 0.1) is 5.92 Å². The molecule has 100 valence electrons. The fourth-order valence-electron chi connectivity index (χ4n) is 2.34. The highest BCUT2D eigenvalue weighted by molar-refractivity contribution is 9.09. The summed E-state index contributed by atoms with van der Waals surface area (Å²) >= 11 is 3.52. The Morgan fingerprint density at radius 1 is 1.33 bits per heavy atom. The number of hydrogen-bond donors (Lipinski definition) is 0. The Balaban J connectivity index is 1.99. The van der Waals surface area contributed by atoms with E-state index in [2.05, 4.69) is 52.0 Å². The molecule has 2 rings (SSSR count). The standard InChI is InChI=1S/C15H22BrNO/c1-13(7-9-16)8-11-17-10-4-12-18-15-6-3-2-5-14(15)17/h2-3,5-6,13H,4,7-12H2,1H3. The van der Waals surface area contributed by atoms with Crippen LogP contribution in [0.4, 0.5) is 5.69 Å². The van der Waals surface area contributed by atoms with Crippen LogP contribution >= 0.6 is 15.9 Å². The second-order valence-corrected chi connectivity index (χ2v) is 5.82. The van der Waals surface area contributed by atoms with Crippen molar-refractivity contribution in [2.75, 3.05) is 29.9 Å². The summed E-state index contributed by atoms with van der Waals surface area (Å²) in [5.74, 6) is 1.82. The van der Waals surface area contributed by atoms with E-state index in [9.17, 15) is 0 Å². The second kappa shape index (κ2) is 7.03. The molecular weight excluding hydrogens is 290 g/mol. The Morgan fingerprint density at radius 2 is 2.17 bits per heavy atom. The monoisotopic (exact) mass is 311 g/mol. The van der Waals surface area contributed by atoms with Crippen LogP contribution in [0.5, 0.6) is 5.75 Å². The molecule has 0 radical (unpaired) electrons. The normalized spacial score (nSPS) is 16.7. The number of ether oxygens (including phenoxy) is 1. The molecule has 1 aromatic rings. The zero-order chi connectivity index (χ0) is 12.8. The lowest BCUT2D eigenvalue weighted by Crippen LogP contribution is -2.26. The van der Waals surface area contributed by atoms with Crippen LogP contribution < -0.4 is 9.64 Å². The van der Waals surface area contributed by atoms with Gasteiger partial charge in [-0.2, -0.15) is 0 Å². The number of nitrogens with zero attached hydrogens (tertiary/aromatic N) is 1. The zero-order valence-electron chi connectivity index (χ0n) is 11.1. The van der Waals surface area contributed by atoms with Crippen LogP contribution in [0.25, 0.3) is 0 Å². The van der Waals surface area contributed by atoms with Crippen LogP contribution in [-0.4, -0.2) is 25.0 Å². The molecule has 0 saturated carbocycles. The quantitative estimate of drug-likeness (QED) is 0.759. The third kappa shape index (κ3) is 3.64. The SMILES string of the molecule is CC(CCBr)CCN1CCCOc2ccccc21. The number of fused-ring (bicyclic) bond motifs is 1. The van der Waals surface area contributed by atoms with Crippen molar-refractivity contribution in [2.24, 2.45) is 5.92 Å². The maximum Gasteiger partial charge on any atom is 0.142 e. The Hall–Kier alpha value is -0.700. The summed E-state index contributed by atoms with van der Waals surface area (Å²) in [7, 11) is 0. The Kier molecular flexibility index (Phi) is 5.36. The Morgan fingerprint density at radius 3 is 3.00 bits per heavy atom. The maximum atomic E-state index is 5.78. The number of para-hydroxylation sites is 2. The van der Waals surface area contributed by atoms with E-state index in [1.807, 2.05) is 0 Å². The van der Waals surface area contributed by atoms with Crippen molar-refractivity contribution in [1.29, 1.82) is 0 Å². The maximum absolute atomic E-state index is 5.78. The molecule has 1 aliphatic heterocycles. The van der Waals surface area contributed by atoms with Crippen molar-refractivity contribution < 1.29 is 4.74 Å². The van der Waals surface area contributed by atoms with E-state index < -0.39 is 0 Å². The first-order valence-electron chi connectivity index (χ1n) is 6.84. The third-order valence-corrected chi connectivity index (χ3v) is 3.99. The van der Waals surface area contributed by atoms with E-state index >= 15 is 0 Å². The van der Waals surface area contributed by atoms with E-state index in [-0.39, 0.29) is 0 Å². The van der Waals surface area contributed by atoms with Crippen LogP contribution in [0.2, 0.25) is 0 Å². The molecule has 0 aromatic heterocycles. The number of anilines is 1. The predicted molar refractivity (Wildman–Crippen MR) is 81.0 cm³/mol. The third-order valence-electron chi connectivity index (χ3n) is 3.53. The summed E-state index contributed by atoms with van der Waals surface area (Å²) in [5.41, 5.74) is 1.26. The molecule has 0 aliphatic carbocycles. The van der Waals surface area contributed by atoms with Gasteiger partial charge in [-0.3, -0.25) is 0 Å². The largest absolute Gasteiger partial charge is 0.491 e. The molecule has 1 atom stereocenters. The van der Waals surface area contributed by atoms with Crippen molar-refractivity contribution >= 4 is 21.6 Å². The van der Waals surface area contributed by atoms with Gasteiger partial charge < -0.3 is 9.64 Å². The van der Waals surface area contributed by atoms with Gasteiger partial charge >= 0.3 is 0 Å². The first-order valence-corrected chi connectivity index (χ1v) is 7.96. The highest BCUT2D eigenvalue weighted by Gasteiger charge is 2.16. The Bertz CT molecular complexity index is 369. The van der Waals surface area contributed by atoms with Crippen molar-refractivity contribution in [1.82, 2.24) is 0 Å². The lowest BCUT2D eigenvalue weighted by atomic mass is 10.0. The highest BCUT2D eigenvalue weighted by atomic mass is 79.9. The molecule has 18 heavy (non-hydrogen) atoms. The molecule has 2 nitrogen and oxygen atoms in total. The van der Waals surface area contributed by atoms with Crippen LogP contribution in [0.3, 0.4) is 0 Å². The number of halogens is 1. The first kappa shape index (κ1) is 13.7. The van der Waals surface area contributed by atoms with Gasteiger partial charge in [-0.1, -0.05) is 35.0 Å². The molecule has 0 fully saturated rings. The van der Waals surface area contributed by atoms with Gasteiger partial charge in [0.2, 0.25) is 0 Å².